The number of rotatable bonds is 7. The van der Waals surface area contributed by atoms with Gasteiger partial charge in [-0.25, -0.2) is 14.2 Å². The van der Waals surface area contributed by atoms with Crippen LogP contribution in [0.1, 0.15) is 41.3 Å². The zero-order valence-corrected chi connectivity index (χ0v) is 15.2. The first-order valence-electron chi connectivity index (χ1n) is 7.97. The summed E-state index contributed by atoms with van der Waals surface area (Å²) in [4.78, 5) is 28.4. The van der Waals surface area contributed by atoms with Crippen LogP contribution < -0.4 is 5.32 Å². The second-order valence-electron chi connectivity index (χ2n) is 6.07. The van der Waals surface area contributed by atoms with E-state index >= 15 is 0 Å². The van der Waals surface area contributed by atoms with Crippen LogP contribution in [0.4, 0.5) is 4.39 Å². The van der Waals surface area contributed by atoms with Gasteiger partial charge in [-0.3, -0.25) is 4.79 Å². The molecule has 1 aromatic heterocycles. The lowest BCUT2D eigenvalue weighted by molar-refractivity contribution is -0.143. The summed E-state index contributed by atoms with van der Waals surface area (Å²) in [6, 6.07) is 5.75. The maximum absolute atomic E-state index is 13.7. The van der Waals surface area contributed by atoms with Crippen LogP contribution in [0.5, 0.6) is 0 Å². The molecule has 0 bridgehead atoms. The maximum Gasteiger partial charge on any atom is 0.328 e. The molecule has 7 heteroatoms. The van der Waals surface area contributed by atoms with Crippen molar-refractivity contribution in [1.82, 2.24) is 10.3 Å². The molecule has 1 heterocycles. The van der Waals surface area contributed by atoms with E-state index in [0.29, 0.717) is 23.4 Å². The van der Waals surface area contributed by atoms with Crippen molar-refractivity contribution in [2.75, 3.05) is 7.11 Å². The van der Waals surface area contributed by atoms with E-state index in [1.54, 1.807) is 23.6 Å². The Morgan fingerprint density at radius 3 is 2.68 bits per heavy atom. The third-order valence-corrected chi connectivity index (χ3v) is 4.43. The molecule has 0 saturated heterocycles. The first kappa shape index (κ1) is 19.1. The van der Waals surface area contributed by atoms with E-state index in [1.807, 2.05) is 13.8 Å². The molecular formula is C18H21FN2O3S. The molecule has 2 aromatic rings. The number of hydrogen-bond donors (Lipinski definition) is 1. The molecule has 0 spiro atoms. The number of carbonyl (C=O) groups is 2. The predicted molar refractivity (Wildman–Crippen MR) is 94.0 cm³/mol. The normalized spacial score (nSPS) is 12.0. The van der Waals surface area contributed by atoms with Crippen molar-refractivity contribution in [2.24, 2.45) is 5.92 Å². The summed E-state index contributed by atoms with van der Waals surface area (Å²) in [7, 11) is 1.29. The molecule has 25 heavy (non-hydrogen) atoms. The molecule has 2 rings (SSSR count). The summed E-state index contributed by atoms with van der Waals surface area (Å²) in [5.41, 5.74) is 0.741. The van der Waals surface area contributed by atoms with E-state index < -0.39 is 17.9 Å². The molecule has 5 nitrogen and oxygen atoms in total. The van der Waals surface area contributed by atoms with Gasteiger partial charge in [-0.15, -0.1) is 11.3 Å². The van der Waals surface area contributed by atoms with Gasteiger partial charge in [0, 0.05) is 11.8 Å². The van der Waals surface area contributed by atoms with Crippen molar-refractivity contribution < 1.29 is 18.7 Å². The average Bonchev–Trinajstić information content (AvgIpc) is 3.04. The SMILES string of the molecule is COC(=O)C(CC(C)C)NC(=O)c1csc(Cc2ccccc2F)n1. The molecule has 1 amide bonds. The van der Waals surface area contributed by atoms with Crippen LogP contribution in [0.2, 0.25) is 0 Å². The number of methoxy groups -OCH3 is 1. The highest BCUT2D eigenvalue weighted by molar-refractivity contribution is 7.09. The maximum atomic E-state index is 13.7. The van der Waals surface area contributed by atoms with Crippen LogP contribution in [0.25, 0.3) is 0 Å². The number of nitrogens with zero attached hydrogens (tertiary/aromatic N) is 1. The first-order chi connectivity index (χ1) is 11.9. The van der Waals surface area contributed by atoms with Crippen molar-refractivity contribution in [3.8, 4) is 0 Å². The lowest BCUT2D eigenvalue weighted by atomic mass is 10.0. The predicted octanol–water partition coefficient (Wildman–Crippen LogP) is 3.19. The van der Waals surface area contributed by atoms with Crippen molar-refractivity contribution in [3.63, 3.8) is 0 Å². The summed E-state index contributed by atoms with van der Waals surface area (Å²) in [6.07, 6.45) is 0.793. The number of benzene rings is 1. The highest BCUT2D eigenvalue weighted by atomic mass is 32.1. The Morgan fingerprint density at radius 1 is 1.32 bits per heavy atom. The van der Waals surface area contributed by atoms with Crippen molar-refractivity contribution in [3.05, 3.63) is 51.7 Å². The lowest BCUT2D eigenvalue weighted by Crippen LogP contribution is -2.42. The minimum Gasteiger partial charge on any atom is -0.467 e. The number of ether oxygens (including phenoxy) is 1. The zero-order valence-electron chi connectivity index (χ0n) is 14.4. The second kappa shape index (κ2) is 8.71. The first-order valence-corrected chi connectivity index (χ1v) is 8.85. The molecule has 0 aliphatic carbocycles. The molecule has 0 aliphatic heterocycles. The largest absolute Gasteiger partial charge is 0.467 e. The summed E-state index contributed by atoms with van der Waals surface area (Å²) in [5, 5.41) is 4.90. The Morgan fingerprint density at radius 2 is 2.04 bits per heavy atom. The summed E-state index contributed by atoms with van der Waals surface area (Å²) in [6.45, 7) is 3.91. The van der Waals surface area contributed by atoms with Crippen molar-refractivity contribution in [1.29, 1.82) is 0 Å². The van der Waals surface area contributed by atoms with Gasteiger partial charge in [0.2, 0.25) is 0 Å². The molecule has 1 atom stereocenters. The highest BCUT2D eigenvalue weighted by Gasteiger charge is 2.24. The van der Waals surface area contributed by atoms with E-state index in [2.05, 4.69) is 10.3 Å². The molecule has 1 aromatic carbocycles. The monoisotopic (exact) mass is 364 g/mol. The van der Waals surface area contributed by atoms with E-state index in [4.69, 9.17) is 4.74 Å². The van der Waals surface area contributed by atoms with Gasteiger partial charge in [-0.05, 0) is 24.0 Å². The molecule has 134 valence electrons. The third kappa shape index (κ3) is 5.35. The number of thiazole rings is 1. The van der Waals surface area contributed by atoms with Crippen LogP contribution in [0.3, 0.4) is 0 Å². The Hall–Kier alpha value is -2.28. The lowest BCUT2D eigenvalue weighted by Gasteiger charge is -2.17. The van der Waals surface area contributed by atoms with E-state index in [-0.39, 0.29) is 17.4 Å². The van der Waals surface area contributed by atoms with Crippen molar-refractivity contribution >= 4 is 23.2 Å². The van der Waals surface area contributed by atoms with E-state index in [1.165, 1.54) is 24.5 Å². The van der Waals surface area contributed by atoms with Gasteiger partial charge in [-0.2, -0.15) is 0 Å². The number of aromatic nitrogens is 1. The van der Waals surface area contributed by atoms with Gasteiger partial charge in [0.15, 0.2) is 0 Å². The van der Waals surface area contributed by atoms with E-state index in [9.17, 15) is 14.0 Å². The Bertz CT molecular complexity index is 745. The third-order valence-electron chi connectivity index (χ3n) is 3.58. The molecule has 1 N–H and O–H groups in total. The minimum absolute atomic E-state index is 0.217. The van der Waals surface area contributed by atoms with E-state index in [0.717, 1.165) is 0 Å². The minimum atomic E-state index is -0.714. The number of amides is 1. The number of esters is 1. The van der Waals surface area contributed by atoms with Crippen molar-refractivity contribution in [2.45, 2.75) is 32.7 Å². The van der Waals surface area contributed by atoms with Gasteiger partial charge in [0.1, 0.15) is 17.6 Å². The molecule has 0 aliphatic rings. The van der Waals surface area contributed by atoms with Gasteiger partial charge >= 0.3 is 5.97 Å². The van der Waals surface area contributed by atoms with Crippen LogP contribution in [0, 0.1) is 11.7 Å². The summed E-state index contributed by atoms with van der Waals surface area (Å²) < 4.78 is 18.4. The van der Waals surface area contributed by atoms with Crippen LogP contribution in [-0.4, -0.2) is 30.0 Å². The zero-order chi connectivity index (χ0) is 18.4. The number of nitrogens with one attached hydrogen (secondary N) is 1. The second-order valence-corrected chi connectivity index (χ2v) is 7.02. The standard InChI is InChI=1S/C18H21FN2O3S/c1-11(2)8-14(18(23)24-3)21-17(22)15-10-25-16(20-15)9-12-6-4-5-7-13(12)19/h4-7,10-11,14H,8-9H2,1-3H3,(H,21,22). The average molecular weight is 364 g/mol. The summed E-state index contributed by atoms with van der Waals surface area (Å²) >= 11 is 1.28. The van der Waals surface area contributed by atoms with Gasteiger partial charge in [-0.1, -0.05) is 32.0 Å². The fourth-order valence-electron chi connectivity index (χ4n) is 2.36. The van der Waals surface area contributed by atoms with Crippen LogP contribution in [-0.2, 0) is 16.0 Å². The van der Waals surface area contributed by atoms with Crippen LogP contribution >= 0.6 is 11.3 Å². The van der Waals surface area contributed by atoms with Gasteiger partial charge < -0.3 is 10.1 Å². The molecule has 0 fully saturated rings. The van der Waals surface area contributed by atoms with Gasteiger partial charge in [0.25, 0.3) is 5.91 Å². The number of halogens is 1. The fourth-order valence-corrected chi connectivity index (χ4v) is 3.16. The number of carbonyl (C=O) groups excluding carboxylic acids is 2. The Labute approximate surface area is 150 Å². The number of hydrogen-bond acceptors (Lipinski definition) is 5. The quantitative estimate of drug-likeness (QED) is 0.766. The van der Waals surface area contributed by atoms with Crippen LogP contribution in [0.15, 0.2) is 29.6 Å². The Balaban J connectivity index is 2.06. The highest BCUT2D eigenvalue weighted by Crippen LogP contribution is 2.17. The molecule has 0 radical (unpaired) electrons. The Kier molecular flexibility index (Phi) is 6.64. The molecule has 1 unspecified atom stereocenters. The molecule has 0 saturated carbocycles. The smallest absolute Gasteiger partial charge is 0.328 e. The van der Waals surface area contributed by atoms with Gasteiger partial charge in [0.05, 0.1) is 12.1 Å². The fraction of sp³-hybridized carbons (Fsp3) is 0.389. The summed E-state index contributed by atoms with van der Waals surface area (Å²) in [5.74, 6) is -1.00. The topological polar surface area (TPSA) is 68.3 Å². The molecular weight excluding hydrogens is 343 g/mol.